The number of fused-ring (bicyclic) bond motifs is 3. The maximum atomic E-state index is 12.8. The Morgan fingerprint density at radius 3 is 2.78 bits per heavy atom. The number of nitrogens with one attached hydrogen (secondary N) is 1. The first kappa shape index (κ1) is 19.0. The lowest BCUT2D eigenvalue weighted by molar-refractivity contribution is 0.0895. The molecule has 1 N–H and O–H groups in total. The predicted molar refractivity (Wildman–Crippen MR) is 109 cm³/mol. The molecule has 1 amide bonds. The molecule has 144 valence electrons. The molecular formula is C20H22ClNO3S2. The van der Waals surface area contributed by atoms with E-state index in [9.17, 15) is 13.2 Å². The summed E-state index contributed by atoms with van der Waals surface area (Å²) in [5, 5.41) is 3.58. The molecule has 3 atom stereocenters. The van der Waals surface area contributed by atoms with E-state index in [-0.39, 0.29) is 22.6 Å². The molecule has 0 radical (unpaired) electrons. The second-order valence-corrected chi connectivity index (χ2v) is 11.2. The van der Waals surface area contributed by atoms with Crippen LogP contribution in [0.4, 0.5) is 0 Å². The topological polar surface area (TPSA) is 63.2 Å². The standard InChI is InChI=1S/C20H22ClNO3S2/c1-11-4-3-5-16(12(11)2)22-20(23)17-8-13-10-27(24,25)18-9-14(21)6-7-15(18)19(13)26-17/h6-9,11-12,16H,3-5,10H2,1-2H3,(H,22,23)/t11-,12-,16-/m1/s1. The fourth-order valence-electron chi connectivity index (χ4n) is 4.12. The Bertz CT molecular complexity index is 1010. The number of carbonyl (C=O) groups excluding carboxylic acids is 1. The lowest BCUT2D eigenvalue weighted by atomic mass is 9.78. The number of carbonyl (C=O) groups is 1. The molecule has 4 rings (SSSR count). The number of thiophene rings is 1. The van der Waals surface area contributed by atoms with Crippen molar-refractivity contribution in [3.63, 3.8) is 0 Å². The average molecular weight is 424 g/mol. The number of benzene rings is 1. The van der Waals surface area contributed by atoms with E-state index in [2.05, 4.69) is 19.2 Å². The van der Waals surface area contributed by atoms with Gasteiger partial charge in [0.15, 0.2) is 9.84 Å². The van der Waals surface area contributed by atoms with E-state index in [0.29, 0.717) is 32.9 Å². The molecule has 1 aliphatic carbocycles. The molecule has 0 bridgehead atoms. The van der Waals surface area contributed by atoms with Gasteiger partial charge in [-0.1, -0.05) is 44.4 Å². The van der Waals surface area contributed by atoms with Crippen LogP contribution in [0.25, 0.3) is 10.4 Å². The van der Waals surface area contributed by atoms with Crippen LogP contribution >= 0.6 is 22.9 Å². The highest BCUT2D eigenvalue weighted by molar-refractivity contribution is 7.91. The van der Waals surface area contributed by atoms with Gasteiger partial charge in [-0.3, -0.25) is 4.79 Å². The van der Waals surface area contributed by atoms with Crippen LogP contribution in [-0.2, 0) is 15.6 Å². The molecule has 4 nitrogen and oxygen atoms in total. The number of sulfone groups is 1. The highest BCUT2D eigenvalue weighted by Crippen LogP contribution is 2.43. The minimum atomic E-state index is -3.44. The maximum absolute atomic E-state index is 12.8. The smallest absolute Gasteiger partial charge is 0.261 e. The molecule has 0 spiro atoms. The first-order valence-electron chi connectivity index (χ1n) is 9.22. The Kier molecular flexibility index (Phi) is 4.85. The molecule has 0 saturated heterocycles. The van der Waals surface area contributed by atoms with Crippen LogP contribution < -0.4 is 5.32 Å². The maximum Gasteiger partial charge on any atom is 0.261 e. The molecule has 0 unspecified atom stereocenters. The van der Waals surface area contributed by atoms with E-state index < -0.39 is 9.84 Å². The predicted octanol–water partition coefficient (Wildman–Crippen LogP) is 4.91. The van der Waals surface area contributed by atoms with Crippen molar-refractivity contribution < 1.29 is 13.2 Å². The van der Waals surface area contributed by atoms with E-state index in [4.69, 9.17) is 11.6 Å². The zero-order valence-electron chi connectivity index (χ0n) is 15.3. The van der Waals surface area contributed by atoms with Crippen molar-refractivity contribution in [3.8, 4) is 10.4 Å². The van der Waals surface area contributed by atoms with Crippen molar-refractivity contribution in [1.29, 1.82) is 0 Å². The largest absolute Gasteiger partial charge is 0.348 e. The zero-order valence-corrected chi connectivity index (χ0v) is 17.7. The van der Waals surface area contributed by atoms with Crippen LogP contribution in [0, 0.1) is 11.8 Å². The van der Waals surface area contributed by atoms with Crippen LogP contribution in [0.15, 0.2) is 29.2 Å². The van der Waals surface area contributed by atoms with Crippen molar-refractivity contribution in [2.45, 2.75) is 49.8 Å². The minimum absolute atomic E-state index is 0.0870. The van der Waals surface area contributed by atoms with Crippen molar-refractivity contribution in [1.82, 2.24) is 5.32 Å². The summed E-state index contributed by atoms with van der Waals surface area (Å²) in [5.41, 5.74) is 1.34. The average Bonchev–Trinajstić information content (AvgIpc) is 3.02. The third kappa shape index (κ3) is 3.43. The highest BCUT2D eigenvalue weighted by Gasteiger charge is 2.32. The second-order valence-electron chi connectivity index (χ2n) is 7.71. The van der Waals surface area contributed by atoms with Crippen molar-refractivity contribution in [2.75, 3.05) is 0 Å². The summed E-state index contributed by atoms with van der Waals surface area (Å²) in [5.74, 6) is 0.854. The van der Waals surface area contributed by atoms with Gasteiger partial charge in [0.05, 0.1) is 15.5 Å². The Balaban J connectivity index is 1.65. The zero-order chi connectivity index (χ0) is 19.3. The van der Waals surface area contributed by atoms with Crippen LogP contribution in [-0.4, -0.2) is 20.4 Å². The molecule has 1 aromatic heterocycles. The van der Waals surface area contributed by atoms with E-state index in [1.807, 2.05) is 0 Å². The van der Waals surface area contributed by atoms with Gasteiger partial charge in [-0.25, -0.2) is 8.42 Å². The summed E-state index contributed by atoms with van der Waals surface area (Å²) in [6.07, 6.45) is 3.33. The van der Waals surface area contributed by atoms with E-state index in [0.717, 1.165) is 17.7 Å². The fraction of sp³-hybridized carbons (Fsp3) is 0.450. The van der Waals surface area contributed by atoms with E-state index >= 15 is 0 Å². The minimum Gasteiger partial charge on any atom is -0.348 e. The number of amides is 1. The summed E-state index contributed by atoms with van der Waals surface area (Å²) < 4.78 is 25.2. The van der Waals surface area contributed by atoms with Crippen LogP contribution in [0.1, 0.15) is 48.3 Å². The molecule has 1 fully saturated rings. The molecule has 2 heterocycles. The summed E-state index contributed by atoms with van der Waals surface area (Å²) in [4.78, 5) is 14.5. The van der Waals surface area contributed by atoms with Gasteiger partial charge in [0.2, 0.25) is 0 Å². The van der Waals surface area contributed by atoms with Gasteiger partial charge in [0.25, 0.3) is 5.91 Å². The van der Waals surface area contributed by atoms with Gasteiger partial charge in [0, 0.05) is 21.5 Å². The Morgan fingerprint density at radius 1 is 1.22 bits per heavy atom. The van der Waals surface area contributed by atoms with Gasteiger partial charge in [-0.2, -0.15) is 0 Å². The quantitative estimate of drug-likeness (QED) is 0.746. The SMILES string of the molecule is C[C@@H]1[C@H](C)CCC[C@H]1NC(=O)c1cc2c(s1)-c1ccc(Cl)cc1S(=O)(=O)C2. The third-order valence-electron chi connectivity index (χ3n) is 5.92. The molecule has 1 aromatic carbocycles. The van der Waals surface area contributed by atoms with Crippen molar-refractivity contribution in [3.05, 3.63) is 39.7 Å². The van der Waals surface area contributed by atoms with Gasteiger partial charge in [-0.05, 0) is 42.0 Å². The first-order valence-corrected chi connectivity index (χ1v) is 12.1. The Labute approximate surface area is 168 Å². The van der Waals surface area contributed by atoms with Crippen LogP contribution in [0.3, 0.4) is 0 Å². The highest BCUT2D eigenvalue weighted by atomic mass is 35.5. The molecule has 2 aromatic rings. The summed E-state index contributed by atoms with van der Waals surface area (Å²) in [6.45, 7) is 4.43. The monoisotopic (exact) mass is 423 g/mol. The molecule has 27 heavy (non-hydrogen) atoms. The number of rotatable bonds is 2. The fourth-order valence-corrected chi connectivity index (χ4v) is 7.24. The van der Waals surface area contributed by atoms with Crippen LogP contribution in [0.5, 0.6) is 0 Å². The normalized spacial score (nSPS) is 26.1. The van der Waals surface area contributed by atoms with Crippen LogP contribution in [0.2, 0.25) is 5.02 Å². The lowest BCUT2D eigenvalue weighted by Crippen LogP contribution is -2.43. The Hall–Kier alpha value is -1.37. The Morgan fingerprint density at radius 2 is 2.00 bits per heavy atom. The van der Waals surface area contributed by atoms with Crippen molar-refractivity contribution >= 4 is 38.7 Å². The van der Waals surface area contributed by atoms with Gasteiger partial charge < -0.3 is 5.32 Å². The lowest BCUT2D eigenvalue weighted by Gasteiger charge is -2.34. The third-order valence-corrected chi connectivity index (χ3v) is 9.07. The molecular weight excluding hydrogens is 402 g/mol. The summed E-state index contributed by atoms with van der Waals surface area (Å²) in [6, 6.07) is 6.84. The molecule has 1 saturated carbocycles. The number of hydrogen-bond acceptors (Lipinski definition) is 4. The van der Waals surface area contributed by atoms with Crippen molar-refractivity contribution in [2.24, 2.45) is 11.8 Å². The molecule has 7 heteroatoms. The summed E-state index contributed by atoms with van der Waals surface area (Å²) in [7, 11) is -3.44. The van der Waals surface area contributed by atoms with E-state index in [1.165, 1.54) is 23.8 Å². The van der Waals surface area contributed by atoms with E-state index in [1.54, 1.807) is 18.2 Å². The van der Waals surface area contributed by atoms with Gasteiger partial charge >= 0.3 is 0 Å². The summed E-state index contributed by atoms with van der Waals surface area (Å²) >= 11 is 7.36. The van der Waals surface area contributed by atoms with Gasteiger partial charge in [-0.15, -0.1) is 11.3 Å². The number of halogens is 1. The number of hydrogen-bond donors (Lipinski definition) is 1. The first-order chi connectivity index (χ1) is 12.8. The second kappa shape index (κ2) is 6.90. The van der Waals surface area contributed by atoms with Gasteiger partial charge in [0.1, 0.15) is 0 Å². The molecule has 1 aliphatic heterocycles. The molecule has 2 aliphatic rings.